The van der Waals surface area contributed by atoms with Crippen LogP contribution in [0, 0.1) is 0 Å². The topological polar surface area (TPSA) is 47.6 Å². The van der Waals surface area contributed by atoms with E-state index in [4.69, 9.17) is 9.47 Å². The van der Waals surface area contributed by atoms with Crippen LogP contribution in [0.15, 0.2) is 21.5 Å². The molecule has 1 amide bonds. The van der Waals surface area contributed by atoms with Crippen molar-refractivity contribution in [1.29, 1.82) is 0 Å². The van der Waals surface area contributed by atoms with Gasteiger partial charge >= 0.3 is 0 Å². The summed E-state index contributed by atoms with van der Waals surface area (Å²) in [7, 11) is 3.11. The van der Waals surface area contributed by atoms with Gasteiger partial charge in [-0.2, -0.15) is 0 Å². The average Bonchev–Trinajstić information content (AvgIpc) is 2.30. The number of ether oxygens (including phenoxy) is 2. The number of hydrogen-bond acceptors (Lipinski definition) is 4. The Labute approximate surface area is 106 Å². The summed E-state index contributed by atoms with van der Waals surface area (Å²) in [6, 6.07) is 3.69. The highest BCUT2D eigenvalue weighted by Gasteiger charge is 2.30. The van der Waals surface area contributed by atoms with Crippen molar-refractivity contribution in [1.82, 2.24) is 0 Å². The van der Waals surface area contributed by atoms with Crippen molar-refractivity contribution < 1.29 is 14.3 Å². The molecular formula is C10H10BrNO3S. The van der Waals surface area contributed by atoms with Crippen molar-refractivity contribution in [3.05, 3.63) is 16.6 Å². The van der Waals surface area contributed by atoms with E-state index in [9.17, 15) is 4.79 Å². The molecule has 0 aromatic heterocycles. The molecule has 1 N–H and O–H groups in total. The lowest BCUT2D eigenvalue weighted by Gasteiger charge is -2.25. The third-order valence-electron chi connectivity index (χ3n) is 2.19. The summed E-state index contributed by atoms with van der Waals surface area (Å²) in [5.74, 6) is 0.569. The SMILES string of the molecule is COc1ccc(Br)c2c1SC(OC)C(=O)N2. The molecule has 1 unspecified atom stereocenters. The quantitative estimate of drug-likeness (QED) is 0.912. The van der Waals surface area contributed by atoms with Gasteiger partial charge in [0.05, 0.1) is 17.7 Å². The highest BCUT2D eigenvalue weighted by molar-refractivity contribution is 9.10. The van der Waals surface area contributed by atoms with Crippen molar-refractivity contribution in [2.75, 3.05) is 19.5 Å². The lowest BCUT2D eigenvalue weighted by molar-refractivity contribution is -0.121. The van der Waals surface area contributed by atoms with Gasteiger partial charge in [0, 0.05) is 11.6 Å². The van der Waals surface area contributed by atoms with E-state index in [1.807, 2.05) is 12.1 Å². The number of methoxy groups -OCH3 is 2. The summed E-state index contributed by atoms with van der Waals surface area (Å²) in [5, 5.41) is 2.79. The van der Waals surface area contributed by atoms with Crippen molar-refractivity contribution in [3.8, 4) is 5.75 Å². The van der Waals surface area contributed by atoms with Gasteiger partial charge in [-0.1, -0.05) is 11.8 Å². The third kappa shape index (κ3) is 1.92. The highest BCUT2D eigenvalue weighted by Crippen LogP contribution is 2.45. The molecule has 1 aliphatic rings. The monoisotopic (exact) mass is 303 g/mol. The van der Waals surface area contributed by atoms with Crippen LogP contribution in [0.1, 0.15) is 0 Å². The van der Waals surface area contributed by atoms with Crippen LogP contribution in [0.3, 0.4) is 0 Å². The van der Waals surface area contributed by atoms with E-state index in [1.165, 1.54) is 18.9 Å². The second-order valence-corrected chi connectivity index (χ2v) is 5.05. The molecule has 86 valence electrons. The molecule has 0 bridgehead atoms. The van der Waals surface area contributed by atoms with E-state index in [-0.39, 0.29) is 5.91 Å². The minimum atomic E-state index is -0.532. The van der Waals surface area contributed by atoms with E-state index in [1.54, 1.807) is 7.11 Å². The normalized spacial score (nSPS) is 18.9. The number of halogens is 1. The maximum atomic E-state index is 11.6. The van der Waals surface area contributed by atoms with Gasteiger partial charge in [0.15, 0.2) is 5.44 Å². The van der Waals surface area contributed by atoms with Gasteiger partial charge in [-0.05, 0) is 28.1 Å². The van der Waals surface area contributed by atoms with Gasteiger partial charge in [0.1, 0.15) is 5.75 Å². The number of carbonyl (C=O) groups is 1. The predicted octanol–water partition coefficient (Wildman–Crippen LogP) is 2.47. The molecule has 0 spiro atoms. The Morgan fingerprint density at radius 1 is 1.44 bits per heavy atom. The van der Waals surface area contributed by atoms with Gasteiger partial charge in [0.25, 0.3) is 5.91 Å². The molecule has 0 saturated carbocycles. The smallest absolute Gasteiger partial charge is 0.264 e. The first-order valence-corrected chi connectivity index (χ1v) is 6.21. The molecule has 0 saturated heterocycles. The van der Waals surface area contributed by atoms with Crippen LogP contribution in [-0.2, 0) is 9.53 Å². The highest BCUT2D eigenvalue weighted by atomic mass is 79.9. The maximum Gasteiger partial charge on any atom is 0.264 e. The first kappa shape index (κ1) is 11.8. The van der Waals surface area contributed by atoms with E-state index in [0.29, 0.717) is 0 Å². The number of nitrogens with one attached hydrogen (secondary N) is 1. The number of rotatable bonds is 2. The van der Waals surface area contributed by atoms with Gasteiger partial charge in [-0.15, -0.1) is 0 Å². The number of hydrogen-bond donors (Lipinski definition) is 1. The zero-order valence-electron chi connectivity index (χ0n) is 8.74. The van der Waals surface area contributed by atoms with Crippen molar-refractivity contribution in [3.63, 3.8) is 0 Å². The molecule has 4 nitrogen and oxygen atoms in total. The molecule has 1 aromatic rings. The summed E-state index contributed by atoms with van der Waals surface area (Å²) in [5.41, 5.74) is 0.207. The minimum Gasteiger partial charge on any atom is -0.496 e. The minimum absolute atomic E-state index is 0.158. The Morgan fingerprint density at radius 3 is 2.81 bits per heavy atom. The summed E-state index contributed by atoms with van der Waals surface area (Å²) in [6.07, 6.45) is 0. The van der Waals surface area contributed by atoms with Gasteiger partial charge in [0.2, 0.25) is 0 Å². The number of amides is 1. The first-order chi connectivity index (χ1) is 7.67. The summed E-state index contributed by atoms with van der Waals surface area (Å²) < 4.78 is 11.2. The molecule has 1 aromatic carbocycles. The maximum absolute atomic E-state index is 11.6. The van der Waals surface area contributed by atoms with Gasteiger partial charge in [-0.3, -0.25) is 4.79 Å². The van der Waals surface area contributed by atoms with E-state index >= 15 is 0 Å². The zero-order chi connectivity index (χ0) is 11.7. The Kier molecular flexibility index (Phi) is 3.41. The molecule has 0 aliphatic carbocycles. The molecule has 16 heavy (non-hydrogen) atoms. The number of benzene rings is 1. The van der Waals surface area contributed by atoms with Crippen LogP contribution in [0.2, 0.25) is 0 Å². The number of anilines is 1. The summed E-state index contributed by atoms with van der Waals surface area (Å²) >= 11 is 4.73. The molecule has 0 radical (unpaired) electrons. The summed E-state index contributed by atoms with van der Waals surface area (Å²) in [4.78, 5) is 12.5. The Morgan fingerprint density at radius 2 is 2.19 bits per heavy atom. The van der Waals surface area contributed by atoms with Gasteiger partial charge < -0.3 is 14.8 Å². The fourth-order valence-electron chi connectivity index (χ4n) is 1.43. The van der Waals surface area contributed by atoms with E-state index in [0.717, 1.165) is 20.8 Å². The third-order valence-corrected chi connectivity index (χ3v) is 4.11. The van der Waals surface area contributed by atoms with Crippen LogP contribution in [0.25, 0.3) is 0 Å². The number of thioether (sulfide) groups is 1. The molecule has 2 rings (SSSR count). The average molecular weight is 304 g/mol. The number of carbonyl (C=O) groups excluding carboxylic acids is 1. The van der Waals surface area contributed by atoms with E-state index < -0.39 is 5.44 Å². The Hall–Kier alpha value is -0.720. The van der Waals surface area contributed by atoms with Crippen molar-refractivity contribution in [2.45, 2.75) is 10.3 Å². The summed E-state index contributed by atoms with van der Waals surface area (Å²) in [6.45, 7) is 0. The van der Waals surface area contributed by atoms with E-state index in [2.05, 4.69) is 21.2 Å². The standard InChI is InChI=1S/C10H10BrNO3S/c1-14-6-4-3-5(11)7-8(6)16-10(15-2)9(13)12-7/h3-4,10H,1-2H3,(H,12,13). The van der Waals surface area contributed by atoms with Crippen molar-refractivity contribution in [2.24, 2.45) is 0 Å². The van der Waals surface area contributed by atoms with Crippen LogP contribution in [-0.4, -0.2) is 25.6 Å². The molecule has 6 heteroatoms. The lowest BCUT2D eigenvalue weighted by Crippen LogP contribution is -2.30. The molecule has 0 fully saturated rings. The largest absolute Gasteiger partial charge is 0.496 e. The second-order valence-electron chi connectivity index (χ2n) is 3.13. The van der Waals surface area contributed by atoms with Crippen LogP contribution < -0.4 is 10.1 Å². The molecule has 1 atom stereocenters. The van der Waals surface area contributed by atoms with Crippen molar-refractivity contribution >= 4 is 39.3 Å². The Bertz CT molecular complexity index is 438. The first-order valence-electron chi connectivity index (χ1n) is 4.54. The van der Waals surface area contributed by atoms with Gasteiger partial charge in [-0.25, -0.2) is 0 Å². The molecular weight excluding hydrogens is 294 g/mol. The predicted molar refractivity (Wildman–Crippen MR) is 66.0 cm³/mol. The fourth-order valence-corrected chi connectivity index (χ4v) is 3.01. The fraction of sp³-hybridized carbons (Fsp3) is 0.300. The second kappa shape index (κ2) is 4.65. The van der Waals surface area contributed by atoms with Crippen LogP contribution in [0.5, 0.6) is 5.75 Å². The van der Waals surface area contributed by atoms with Crippen LogP contribution in [0.4, 0.5) is 5.69 Å². The Balaban J connectivity index is 2.49. The lowest BCUT2D eigenvalue weighted by atomic mass is 10.3. The molecule has 1 aliphatic heterocycles. The zero-order valence-corrected chi connectivity index (χ0v) is 11.1. The molecule has 1 heterocycles. The van der Waals surface area contributed by atoms with Crippen LogP contribution >= 0.6 is 27.7 Å². The number of fused-ring (bicyclic) bond motifs is 1.